The zero-order chi connectivity index (χ0) is 11.0. The summed E-state index contributed by atoms with van der Waals surface area (Å²) in [6, 6.07) is 5.32. The Kier molecular flexibility index (Phi) is 2.74. The fourth-order valence-electron chi connectivity index (χ4n) is 2.40. The molecule has 3 rings (SSSR count). The van der Waals surface area contributed by atoms with Crippen LogP contribution in [0.1, 0.15) is 19.3 Å². The van der Waals surface area contributed by atoms with Gasteiger partial charge in [0.2, 0.25) is 0 Å². The van der Waals surface area contributed by atoms with Gasteiger partial charge >= 0.3 is 0 Å². The van der Waals surface area contributed by atoms with Crippen molar-refractivity contribution in [2.75, 3.05) is 18.4 Å². The van der Waals surface area contributed by atoms with Crippen molar-refractivity contribution in [3.63, 3.8) is 0 Å². The highest BCUT2D eigenvalue weighted by Gasteiger charge is 2.34. The quantitative estimate of drug-likeness (QED) is 0.819. The fourth-order valence-corrected chi connectivity index (χ4v) is 2.58. The lowest BCUT2D eigenvalue weighted by Gasteiger charge is -2.16. The summed E-state index contributed by atoms with van der Waals surface area (Å²) < 4.78 is 0. The zero-order valence-corrected chi connectivity index (χ0v) is 9.95. The van der Waals surface area contributed by atoms with Crippen molar-refractivity contribution in [1.29, 1.82) is 0 Å². The van der Waals surface area contributed by atoms with Crippen molar-refractivity contribution in [3.8, 4) is 0 Å². The van der Waals surface area contributed by atoms with Crippen molar-refractivity contribution in [2.24, 2.45) is 0 Å². The van der Waals surface area contributed by atoms with E-state index in [0.717, 1.165) is 11.7 Å². The highest BCUT2D eigenvalue weighted by atomic mass is 35.5. The molecule has 0 spiro atoms. The van der Waals surface area contributed by atoms with E-state index in [4.69, 9.17) is 11.6 Å². The molecule has 0 bridgehead atoms. The molecule has 0 amide bonds. The third kappa shape index (κ3) is 2.30. The van der Waals surface area contributed by atoms with Crippen molar-refractivity contribution >= 4 is 17.3 Å². The Morgan fingerprint density at radius 2 is 2.25 bits per heavy atom. The predicted octanol–water partition coefficient (Wildman–Crippen LogP) is 2.38. The van der Waals surface area contributed by atoms with Crippen LogP contribution < -0.4 is 5.32 Å². The molecule has 2 heterocycles. The molecule has 1 atom stereocenters. The van der Waals surface area contributed by atoms with Crippen LogP contribution in [0.5, 0.6) is 0 Å². The normalized spacial score (nSPS) is 25.9. The number of rotatable bonds is 3. The Morgan fingerprint density at radius 1 is 1.38 bits per heavy atom. The Hall–Kier alpha value is -0.800. The first-order chi connectivity index (χ1) is 7.81. The molecule has 1 saturated heterocycles. The highest BCUT2D eigenvalue weighted by molar-refractivity contribution is 6.29. The monoisotopic (exact) mass is 237 g/mol. The van der Waals surface area contributed by atoms with E-state index in [2.05, 4.69) is 15.2 Å². The Bertz CT molecular complexity index is 378. The van der Waals surface area contributed by atoms with Gasteiger partial charge in [0.25, 0.3) is 0 Å². The van der Waals surface area contributed by atoms with Crippen LogP contribution in [0.4, 0.5) is 5.69 Å². The maximum Gasteiger partial charge on any atom is 0.131 e. The first kappa shape index (κ1) is 10.4. The molecule has 1 N–H and O–H groups in total. The molecule has 16 heavy (non-hydrogen) atoms. The van der Waals surface area contributed by atoms with Crippen LogP contribution in [0, 0.1) is 0 Å². The lowest BCUT2D eigenvalue weighted by atomic mass is 10.2. The van der Waals surface area contributed by atoms with Gasteiger partial charge in [0.1, 0.15) is 5.15 Å². The van der Waals surface area contributed by atoms with E-state index in [1.54, 1.807) is 6.20 Å². The van der Waals surface area contributed by atoms with E-state index in [0.29, 0.717) is 11.2 Å². The Morgan fingerprint density at radius 3 is 3.00 bits per heavy atom. The number of anilines is 1. The van der Waals surface area contributed by atoms with Crippen LogP contribution in [-0.2, 0) is 0 Å². The van der Waals surface area contributed by atoms with Crippen LogP contribution in [-0.4, -0.2) is 35.1 Å². The first-order valence-corrected chi connectivity index (χ1v) is 6.31. The predicted molar refractivity (Wildman–Crippen MR) is 65.9 cm³/mol. The molecular weight excluding hydrogens is 222 g/mol. The van der Waals surface area contributed by atoms with Gasteiger partial charge in [0.05, 0.1) is 0 Å². The van der Waals surface area contributed by atoms with E-state index in [1.807, 2.05) is 12.1 Å². The van der Waals surface area contributed by atoms with Gasteiger partial charge in [-0.05, 0) is 31.4 Å². The number of halogens is 1. The summed E-state index contributed by atoms with van der Waals surface area (Å²) in [5, 5.41) is 4.09. The first-order valence-electron chi connectivity index (χ1n) is 5.93. The second-order valence-corrected chi connectivity index (χ2v) is 5.11. The fraction of sp³-hybridized carbons (Fsp3) is 0.583. The molecule has 1 aromatic heterocycles. The number of hydrogen-bond donors (Lipinski definition) is 1. The second kappa shape index (κ2) is 4.22. The summed E-state index contributed by atoms with van der Waals surface area (Å²) in [4.78, 5) is 6.58. The number of aromatic nitrogens is 1. The third-order valence-electron chi connectivity index (χ3n) is 3.38. The molecule has 2 fully saturated rings. The number of pyridine rings is 1. The molecule has 1 unspecified atom stereocenters. The molecule has 0 radical (unpaired) electrons. The van der Waals surface area contributed by atoms with Gasteiger partial charge < -0.3 is 5.32 Å². The van der Waals surface area contributed by atoms with Crippen molar-refractivity contribution < 1.29 is 0 Å². The lowest BCUT2D eigenvalue weighted by molar-refractivity contribution is 0.326. The summed E-state index contributed by atoms with van der Waals surface area (Å²) in [6.45, 7) is 2.41. The summed E-state index contributed by atoms with van der Waals surface area (Å²) in [7, 11) is 0. The van der Waals surface area contributed by atoms with Gasteiger partial charge in [-0.1, -0.05) is 11.6 Å². The minimum absolute atomic E-state index is 0.557. The number of nitrogens with one attached hydrogen (secondary N) is 1. The van der Waals surface area contributed by atoms with E-state index in [-0.39, 0.29) is 0 Å². The van der Waals surface area contributed by atoms with E-state index >= 15 is 0 Å². The summed E-state index contributed by atoms with van der Waals surface area (Å²) in [5.74, 6) is 0. The third-order valence-corrected chi connectivity index (χ3v) is 3.59. The Labute approximate surface area is 101 Å². The topological polar surface area (TPSA) is 28.2 Å². The van der Waals surface area contributed by atoms with Gasteiger partial charge in [-0.25, -0.2) is 4.98 Å². The molecule has 4 heteroatoms. The molecule has 3 nitrogen and oxygen atoms in total. The maximum atomic E-state index is 5.86. The minimum Gasteiger partial charge on any atom is -0.381 e. The average Bonchev–Trinajstić information content (AvgIpc) is 3.01. The van der Waals surface area contributed by atoms with Gasteiger partial charge in [-0.3, -0.25) is 4.90 Å². The van der Waals surface area contributed by atoms with Gasteiger partial charge in [0, 0.05) is 37.1 Å². The van der Waals surface area contributed by atoms with Crippen molar-refractivity contribution in [3.05, 3.63) is 23.5 Å². The molecule has 1 saturated carbocycles. The SMILES string of the molecule is Clc1cc(NC2CCN(C3CC3)C2)ccn1. The highest BCUT2D eigenvalue weighted by Crippen LogP contribution is 2.30. The van der Waals surface area contributed by atoms with E-state index in [9.17, 15) is 0 Å². The van der Waals surface area contributed by atoms with Crippen LogP contribution in [0.2, 0.25) is 5.15 Å². The largest absolute Gasteiger partial charge is 0.381 e. The second-order valence-electron chi connectivity index (χ2n) is 4.72. The van der Waals surface area contributed by atoms with Gasteiger partial charge in [-0.15, -0.1) is 0 Å². The maximum absolute atomic E-state index is 5.86. The molecule has 1 aliphatic heterocycles. The van der Waals surface area contributed by atoms with Gasteiger partial charge in [0.15, 0.2) is 0 Å². The molecule has 0 aromatic carbocycles. The number of likely N-dealkylation sites (tertiary alicyclic amines) is 1. The minimum atomic E-state index is 0.557. The van der Waals surface area contributed by atoms with Crippen LogP contribution in [0.3, 0.4) is 0 Å². The summed E-state index contributed by atoms with van der Waals surface area (Å²) >= 11 is 5.86. The van der Waals surface area contributed by atoms with Crippen LogP contribution >= 0.6 is 11.6 Å². The zero-order valence-electron chi connectivity index (χ0n) is 9.19. The smallest absolute Gasteiger partial charge is 0.131 e. The number of nitrogens with zero attached hydrogens (tertiary/aromatic N) is 2. The van der Waals surface area contributed by atoms with Crippen LogP contribution in [0.25, 0.3) is 0 Å². The van der Waals surface area contributed by atoms with Gasteiger partial charge in [-0.2, -0.15) is 0 Å². The van der Waals surface area contributed by atoms with E-state index < -0.39 is 0 Å². The number of hydrogen-bond acceptors (Lipinski definition) is 3. The van der Waals surface area contributed by atoms with Crippen molar-refractivity contribution in [2.45, 2.75) is 31.3 Å². The van der Waals surface area contributed by atoms with E-state index in [1.165, 1.54) is 32.4 Å². The lowest BCUT2D eigenvalue weighted by Crippen LogP contribution is -2.27. The molecule has 1 aromatic rings. The standard InChI is InChI=1S/C12H16ClN3/c13-12-7-9(3-5-14-12)15-10-4-6-16(8-10)11-1-2-11/h3,5,7,10-11H,1-2,4,6,8H2,(H,14,15). The molecule has 1 aliphatic carbocycles. The molecule has 86 valence electrons. The van der Waals surface area contributed by atoms with Crippen LogP contribution in [0.15, 0.2) is 18.3 Å². The summed E-state index contributed by atoms with van der Waals surface area (Å²) in [5.41, 5.74) is 1.09. The molecule has 2 aliphatic rings. The molecular formula is C12H16ClN3. The average molecular weight is 238 g/mol. The Balaban J connectivity index is 1.59. The summed E-state index contributed by atoms with van der Waals surface area (Å²) in [6.07, 6.45) is 5.77. The van der Waals surface area contributed by atoms with Crippen molar-refractivity contribution in [1.82, 2.24) is 9.88 Å².